The van der Waals surface area contributed by atoms with Gasteiger partial charge in [0, 0.05) is 18.2 Å². The van der Waals surface area contributed by atoms with E-state index in [2.05, 4.69) is 4.98 Å². The van der Waals surface area contributed by atoms with Gasteiger partial charge >= 0.3 is 0 Å². The van der Waals surface area contributed by atoms with Crippen molar-refractivity contribution in [1.29, 1.82) is 0 Å². The second-order valence-corrected chi connectivity index (χ2v) is 7.33. The Morgan fingerprint density at radius 3 is 2.26 bits per heavy atom. The quantitative estimate of drug-likeness (QED) is 0.531. The zero-order chi connectivity index (χ0) is 21.2. The van der Waals surface area contributed by atoms with Gasteiger partial charge in [0.25, 0.3) is 0 Å². The Labute approximate surface area is 179 Å². The lowest BCUT2D eigenvalue weighted by atomic mass is 10.1. The third-order valence-corrected chi connectivity index (χ3v) is 5.14. The molecule has 5 nitrogen and oxygen atoms in total. The number of hydrogen-bond acceptors (Lipinski definition) is 4. The van der Waals surface area contributed by atoms with E-state index in [1.54, 1.807) is 28.8 Å². The number of aromatic hydroxyl groups is 1. The Bertz CT molecular complexity index is 1350. The van der Waals surface area contributed by atoms with Crippen molar-refractivity contribution in [3.8, 4) is 17.1 Å². The maximum atomic E-state index is 11.4. The molecule has 0 saturated carbocycles. The topological polar surface area (TPSA) is 67.5 Å². The number of aromatic nitrogens is 3. The molecule has 0 saturated heterocycles. The van der Waals surface area contributed by atoms with E-state index in [9.17, 15) is 9.90 Å². The first-order chi connectivity index (χ1) is 15.2. The summed E-state index contributed by atoms with van der Waals surface area (Å²) in [7, 11) is 0. The first kappa shape index (κ1) is 18.8. The van der Waals surface area contributed by atoms with Gasteiger partial charge in [-0.15, -0.1) is 0 Å². The molecule has 0 aliphatic heterocycles. The summed E-state index contributed by atoms with van der Waals surface area (Å²) in [4.78, 5) is 20.9. The van der Waals surface area contributed by atoms with E-state index in [-0.39, 0.29) is 11.7 Å². The van der Waals surface area contributed by atoms with Crippen LogP contribution in [-0.2, 0) is 11.2 Å². The fourth-order valence-electron chi connectivity index (χ4n) is 3.59. The third-order valence-electron chi connectivity index (χ3n) is 5.14. The fourth-order valence-corrected chi connectivity index (χ4v) is 3.59. The normalized spacial score (nSPS) is 13.2. The van der Waals surface area contributed by atoms with Gasteiger partial charge in [-0.25, -0.2) is 9.97 Å². The van der Waals surface area contributed by atoms with Crippen molar-refractivity contribution in [1.82, 2.24) is 14.4 Å². The van der Waals surface area contributed by atoms with Crippen LogP contribution in [-0.4, -0.2) is 25.3 Å². The number of carbonyl (C=O) groups is 1. The molecule has 0 bridgehead atoms. The van der Waals surface area contributed by atoms with Gasteiger partial charge in [0.1, 0.15) is 5.69 Å². The van der Waals surface area contributed by atoms with Gasteiger partial charge in [-0.1, -0.05) is 72.8 Å². The molecule has 31 heavy (non-hydrogen) atoms. The van der Waals surface area contributed by atoms with E-state index in [1.165, 1.54) is 12.2 Å². The Morgan fingerprint density at radius 1 is 0.871 bits per heavy atom. The lowest BCUT2D eigenvalue weighted by molar-refractivity contribution is -0.110. The summed E-state index contributed by atoms with van der Waals surface area (Å²) in [5.74, 6) is -0.0201. The molecule has 0 radical (unpaired) electrons. The highest BCUT2D eigenvalue weighted by Gasteiger charge is 2.17. The van der Waals surface area contributed by atoms with E-state index in [0.717, 1.165) is 28.1 Å². The Kier molecular flexibility index (Phi) is 4.77. The van der Waals surface area contributed by atoms with E-state index in [0.29, 0.717) is 17.8 Å². The van der Waals surface area contributed by atoms with Crippen molar-refractivity contribution in [2.24, 2.45) is 0 Å². The zero-order valence-corrected chi connectivity index (χ0v) is 16.6. The predicted octanol–water partition coefficient (Wildman–Crippen LogP) is 4.77. The van der Waals surface area contributed by atoms with Gasteiger partial charge in [-0.2, -0.15) is 0 Å². The summed E-state index contributed by atoms with van der Waals surface area (Å²) in [6.07, 6.45) is 10.6. The highest BCUT2D eigenvalue weighted by atomic mass is 16.3. The maximum Gasteiger partial charge on any atom is 0.223 e. The molecule has 0 spiro atoms. The van der Waals surface area contributed by atoms with Crippen LogP contribution in [0.1, 0.15) is 17.0 Å². The van der Waals surface area contributed by atoms with Gasteiger partial charge in [-0.3, -0.25) is 9.20 Å². The molecule has 2 aromatic carbocycles. The molecule has 2 heterocycles. The van der Waals surface area contributed by atoms with Crippen LogP contribution in [0.3, 0.4) is 0 Å². The Balaban J connectivity index is 1.67. The van der Waals surface area contributed by atoms with Gasteiger partial charge in [0.2, 0.25) is 5.88 Å². The molecule has 0 amide bonds. The minimum Gasteiger partial charge on any atom is -0.493 e. The molecule has 5 rings (SSSR count). The summed E-state index contributed by atoms with van der Waals surface area (Å²) >= 11 is 0. The number of carbonyl (C=O) groups excluding carboxylic acids is 1. The van der Waals surface area contributed by atoms with E-state index >= 15 is 0 Å². The molecule has 1 aliphatic carbocycles. The number of nitrogens with zero attached hydrogens (tertiary/aromatic N) is 3. The van der Waals surface area contributed by atoms with Gasteiger partial charge in [0.15, 0.2) is 11.4 Å². The largest absolute Gasteiger partial charge is 0.493 e. The van der Waals surface area contributed by atoms with Gasteiger partial charge in [0.05, 0.1) is 11.4 Å². The van der Waals surface area contributed by atoms with Crippen LogP contribution in [0.4, 0.5) is 0 Å². The lowest BCUT2D eigenvalue weighted by Gasteiger charge is -2.08. The minimum absolute atomic E-state index is 0.0371. The summed E-state index contributed by atoms with van der Waals surface area (Å²) in [6, 6.07) is 19.9. The second kappa shape index (κ2) is 7.88. The zero-order valence-electron chi connectivity index (χ0n) is 16.6. The molecule has 4 aromatic rings. The van der Waals surface area contributed by atoms with Crippen molar-refractivity contribution in [3.05, 3.63) is 114 Å². The maximum absolute atomic E-state index is 11.4. The van der Waals surface area contributed by atoms with Crippen LogP contribution >= 0.6 is 0 Å². The molecule has 2 aromatic heterocycles. The monoisotopic (exact) mass is 405 g/mol. The van der Waals surface area contributed by atoms with Crippen molar-refractivity contribution < 1.29 is 9.90 Å². The lowest BCUT2D eigenvalue weighted by Crippen LogP contribution is -2.00. The highest BCUT2D eigenvalue weighted by molar-refractivity contribution is 6.01. The van der Waals surface area contributed by atoms with Crippen molar-refractivity contribution in [2.45, 2.75) is 6.42 Å². The first-order valence-electron chi connectivity index (χ1n) is 9.99. The minimum atomic E-state index is -0.0572. The summed E-state index contributed by atoms with van der Waals surface area (Å²) in [5, 5.41) is 10.9. The summed E-state index contributed by atoms with van der Waals surface area (Å²) < 4.78 is 1.68. The van der Waals surface area contributed by atoms with Gasteiger partial charge < -0.3 is 5.11 Å². The van der Waals surface area contributed by atoms with E-state index in [4.69, 9.17) is 4.98 Å². The Hall–Kier alpha value is -4.25. The van der Waals surface area contributed by atoms with Crippen LogP contribution in [0.15, 0.2) is 96.7 Å². The average Bonchev–Trinajstić information content (AvgIpc) is 3.12. The van der Waals surface area contributed by atoms with Crippen LogP contribution in [0.25, 0.3) is 23.0 Å². The molecule has 1 N–H and O–H groups in total. The Morgan fingerprint density at radius 2 is 1.55 bits per heavy atom. The molecular formula is C26H19N3O2. The molecule has 0 fully saturated rings. The number of rotatable bonds is 4. The first-order valence-corrected chi connectivity index (χ1v) is 9.99. The summed E-state index contributed by atoms with van der Waals surface area (Å²) in [5.41, 5.74) is 5.43. The average molecular weight is 405 g/mol. The predicted molar refractivity (Wildman–Crippen MR) is 121 cm³/mol. The highest BCUT2D eigenvalue weighted by Crippen LogP contribution is 2.28. The molecule has 0 atom stereocenters. The molecule has 0 unspecified atom stereocenters. The van der Waals surface area contributed by atoms with Crippen molar-refractivity contribution in [2.75, 3.05) is 0 Å². The number of allylic oxidation sites excluding steroid dienone is 5. The second-order valence-electron chi connectivity index (χ2n) is 7.33. The SMILES string of the molecule is O=C1C=CC(=Cc2nc3c(Cc4ccccc4)nc(-c4ccccc4)cn3c2O)C=C1. The number of ketones is 1. The third kappa shape index (κ3) is 3.81. The van der Waals surface area contributed by atoms with Crippen LogP contribution < -0.4 is 0 Å². The van der Waals surface area contributed by atoms with Crippen molar-refractivity contribution in [3.63, 3.8) is 0 Å². The van der Waals surface area contributed by atoms with Crippen LogP contribution in [0.2, 0.25) is 0 Å². The molecule has 1 aliphatic rings. The standard InChI is InChI=1S/C26H19N3O2/c30-21-13-11-19(12-14-21)16-23-26(31)29-17-24(20-9-5-2-6-10-20)27-22(25(29)28-23)15-18-7-3-1-4-8-18/h1-14,16-17,31H,15H2. The van der Waals surface area contributed by atoms with Crippen LogP contribution in [0, 0.1) is 0 Å². The number of hydrogen-bond donors (Lipinski definition) is 1. The van der Waals surface area contributed by atoms with Crippen LogP contribution in [0.5, 0.6) is 5.88 Å². The molecule has 5 heteroatoms. The van der Waals surface area contributed by atoms with E-state index in [1.807, 2.05) is 60.7 Å². The summed E-state index contributed by atoms with van der Waals surface area (Å²) in [6.45, 7) is 0. The van der Waals surface area contributed by atoms with Gasteiger partial charge in [-0.05, 0) is 29.4 Å². The number of imidazole rings is 1. The van der Waals surface area contributed by atoms with Crippen molar-refractivity contribution >= 4 is 17.5 Å². The molecule has 150 valence electrons. The molecular weight excluding hydrogens is 386 g/mol. The van der Waals surface area contributed by atoms with E-state index < -0.39 is 0 Å². The number of benzene rings is 2. The number of fused-ring (bicyclic) bond motifs is 1. The smallest absolute Gasteiger partial charge is 0.223 e. The fraction of sp³-hybridized carbons (Fsp3) is 0.0385.